The molecule has 2 rings (SSSR count). The maximum atomic E-state index is 12.5. The van der Waals surface area contributed by atoms with Crippen molar-refractivity contribution < 1.29 is 14.3 Å². The molecule has 0 spiro atoms. The van der Waals surface area contributed by atoms with Crippen LogP contribution in [0.5, 0.6) is 5.75 Å². The number of esters is 1. The Balaban J connectivity index is 2.37. The van der Waals surface area contributed by atoms with E-state index in [1.807, 2.05) is 13.0 Å². The maximum Gasteiger partial charge on any atom is 0.308 e. The summed E-state index contributed by atoms with van der Waals surface area (Å²) >= 11 is 12.7. The molecule has 0 aliphatic heterocycles. The van der Waals surface area contributed by atoms with Gasteiger partial charge in [0.2, 0.25) is 0 Å². The van der Waals surface area contributed by atoms with E-state index in [1.165, 1.54) is 6.92 Å². The Morgan fingerprint density at radius 3 is 2.48 bits per heavy atom. The third-order valence-electron chi connectivity index (χ3n) is 2.93. The van der Waals surface area contributed by atoms with Crippen LogP contribution < -0.4 is 10.1 Å². The Labute approximate surface area is 155 Å². The minimum absolute atomic E-state index is 0.163. The van der Waals surface area contributed by atoms with E-state index in [0.29, 0.717) is 19.7 Å². The molecule has 23 heavy (non-hydrogen) atoms. The summed E-state index contributed by atoms with van der Waals surface area (Å²) in [5.41, 5.74) is 1.68. The largest absolute Gasteiger partial charge is 0.425 e. The summed E-state index contributed by atoms with van der Waals surface area (Å²) < 4.78 is 6.31. The van der Waals surface area contributed by atoms with Gasteiger partial charge in [-0.15, -0.1) is 0 Å². The van der Waals surface area contributed by atoms with Crippen molar-refractivity contribution in [3.8, 4) is 5.75 Å². The van der Waals surface area contributed by atoms with Crippen molar-refractivity contribution in [3.05, 3.63) is 55.4 Å². The Hall–Kier alpha value is -1.37. The molecule has 0 aliphatic carbocycles. The number of aryl methyl sites for hydroxylation is 1. The van der Waals surface area contributed by atoms with Gasteiger partial charge in [-0.2, -0.15) is 0 Å². The summed E-state index contributed by atoms with van der Waals surface area (Å²) in [5.74, 6) is -0.764. The second-order valence-corrected chi connectivity index (χ2v) is 6.95. The van der Waals surface area contributed by atoms with Gasteiger partial charge in [0, 0.05) is 22.1 Å². The van der Waals surface area contributed by atoms with Gasteiger partial charge in [0.15, 0.2) is 5.75 Å². The van der Waals surface area contributed by atoms with Crippen LogP contribution in [0.15, 0.2) is 39.3 Å². The molecular weight excluding hydrogens is 449 g/mol. The summed E-state index contributed by atoms with van der Waals surface area (Å²) in [6.45, 7) is 3.15. The molecule has 0 aliphatic rings. The highest BCUT2D eigenvalue weighted by Gasteiger charge is 2.19. The number of halogens is 3. The van der Waals surface area contributed by atoms with E-state index in [1.54, 1.807) is 24.3 Å². The van der Waals surface area contributed by atoms with Gasteiger partial charge >= 0.3 is 5.97 Å². The third-order valence-corrected chi connectivity index (χ3v) is 4.38. The molecule has 0 unspecified atom stereocenters. The number of hydrogen-bond acceptors (Lipinski definition) is 3. The number of carbonyl (C=O) groups is 2. The predicted octanol–water partition coefficient (Wildman–Crippen LogP) is 5.35. The van der Waals surface area contributed by atoms with Crippen LogP contribution in [0.3, 0.4) is 0 Å². The first-order valence-corrected chi connectivity index (χ1v) is 8.49. The van der Waals surface area contributed by atoms with E-state index < -0.39 is 11.9 Å². The summed E-state index contributed by atoms with van der Waals surface area (Å²) in [7, 11) is 0. The third kappa shape index (κ3) is 4.56. The standard InChI is InChI=1S/C16H12Br2ClNO3/c1-8-3-4-11(7-14(8)19)20-16(22)12-5-10(17)6-13(18)15(12)23-9(2)21/h3-7H,1-2H3,(H,20,22). The lowest BCUT2D eigenvalue weighted by molar-refractivity contribution is -0.131. The van der Waals surface area contributed by atoms with Crippen LogP contribution in [0.1, 0.15) is 22.8 Å². The summed E-state index contributed by atoms with van der Waals surface area (Å²) in [4.78, 5) is 23.8. The first-order chi connectivity index (χ1) is 10.8. The van der Waals surface area contributed by atoms with E-state index in [2.05, 4.69) is 37.2 Å². The zero-order valence-corrected chi connectivity index (χ0v) is 16.2. The molecule has 2 aromatic carbocycles. The molecule has 0 bridgehead atoms. The normalized spacial score (nSPS) is 10.3. The summed E-state index contributed by atoms with van der Waals surface area (Å²) in [6.07, 6.45) is 0. The number of rotatable bonds is 3. The second-order valence-electron chi connectivity index (χ2n) is 4.78. The van der Waals surface area contributed by atoms with Crippen LogP contribution >= 0.6 is 43.5 Å². The summed E-state index contributed by atoms with van der Waals surface area (Å²) in [5, 5.41) is 3.29. The first-order valence-electron chi connectivity index (χ1n) is 6.53. The van der Waals surface area contributed by atoms with Crippen LogP contribution in [0, 0.1) is 6.92 Å². The van der Waals surface area contributed by atoms with Gasteiger partial charge in [0.1, 0.15) is 0 Å². The molecule has 0 fully saturated rings. The predicted molar refractivity (Wildman–Crippen MR) is 97.3 cm³/mol. The fourth-order valence-corrected chi connectivity index (χ4v) is 3.33. The lowest BCUT2D eigenvalue weighted by Gasteiger charge is -2.12. The number of benzene rings is 2. The van der Waals surface area contributed by atoms with Crippen LogP contribution in [-0.4, -0.2) is 11.9 Å². The maximum absolute atomic E-state index is 12.5. The van der Waals surface area contributed by atoms with Crippen molar-refractivity contribution in [2.75, 3.05) is 5.32 Å². The number of ether oxygens (including phenoxy) is 1. The van der Waals surface area contributed by atoms with Crippen molar-refractivity contribution in [2.24, 2.45) is 0 Å². The number of anilines is 1. The number of hydrogen-bond donors (Lipinski definition) is 1. The molecule has 0 radical (unpaired) electrons. The topological polar surface area (TPSA) is 55.4 Å². The molecule has 0 heterocycles. The zero-order chi connectivity index (χ0) is 17.1. The van der Waals surface area contributed by atoms with Crippen LogP contribution in [0.2, 0.25) is 5.02 Å². The molecule has 4 nitrogen and oxygen atoms in total. The lowest BCUT2D eigenvalue weighted by atomic mass is 10.1. The van der Waals surface area contributed by atoms with Gasteiger partial charge < -0.3 is 10.1 Å². The quantitative estimate of drug-likeness (QED) is 0.495. The van der Waals surface area contributed by atoms with Crippen molar-refractivity contribution in [1.29, 1.82) is 0 Å². The fraction of sp³-hybridized carbons (Fsp3) is 0.125. The Kier molecular flexibility index (Phi) is 5.84. The van der Waals surface area contributed by atoms with Crippen molar-refractivity contribution in [1.82, 2.24) is 0 Å². The van der Waals surface area contributed by atoms with E-state index >= 15 is 0 Å². The Bertz CT molecular complexity index is 793. The van der Waals surface area contributed by atoms with Gasteiger partial charge in [0.25, 0.3) is 5.91 Å². The molecule has 1 amide bonds. The zero-order valence-electron chi connectivity index (χ0n) is 12.2. The van der Waals surface area contributed by atoms with Gasteiger partial charge in [-0.25, -0.2) is 0 Å². The highest BCUT2D eigenvalue weighted by molar-refractivity contribution is 9.11. The minimum Gasteiger partial charge on any atom is -0.425 e. The molecule has 0 saturated heterocycles. The molecule has 7 heteroatoms. The van der Waals surface area contributed by atoms with Crippen molar-refractivity contribution >= 4 is 61.0 Å². The van der Waals surface area contributed by atoms with E-state index in [-0.39, 0.29) is 11.3 Å². The first kappa shape index (κ1) is 18.0. The molecule has 0 aromatic heterocycles. The minimum atomic E-state index is -0.513. The molecule has 1 N–H and O–H groups in total. The highest BCUT2D eigenvalue weighted by atomic mass is 79.9. The van der Waals surface area contributed by atoms with E-state index in [4.69, 9.17) is 16.3 Å². The van der Waals surface area contributed by atoms with Crippen LogP contribution in [-0.2, 0) is 4.79 Å². The molecule has 120 valence electrons. The summed E-state index contributed by atoms with van der Waals surface area (Å²) in [6, 6.07) is 8.48. The fourth-order valence-electron chi connectivity index (χ4n) is 1.85. The van der Waals surface area contributed by atoms with Gasteiger partial charge in [-0.3, -0.25) is 9.59 Å². The number of nitrogens with one attached hydrogen (secondary N) is 1. The monoisotopic (exact) mass is 459 g/mol. The lowest BCUT2D eigenvalue weighted by Crippen LogP contribution is -2.15. The van der Waals surface area contributed by atoms with E-state index in [0.717, 1.165) is 5.56 Å². The van der Waals surface area contributed by atoms with E-state index in [9.17, 15) is 9.59 Å². The number of amides is 1. The van der Waals surface area contributed by atoms with Crippen molar-refractivity contribution in [3.63, 3.8) is 0 Å². The van der Waals surface area contributed by atoms with Crippen LogP contribution in [0.25, 0.3) is 0 Å². The SMILES string of the molecule is CC(=O)Oc1c(Br)cc(Br)cc1C(=O)Nc1ccc(C)c(Cl)c1. The van der Waals surface area contributed by atoms with Crippen LogP contribution in [0.4, 0.5) is 5.69 Å². The second kappa shape index (κ2) is 7.47. The molecule has 0 saturated carbocycles. The van der Waals surface area contributed by atoms with Crippen molar-refractivity contribution in [2.45, 2.75) is 13.8 Å². The highest BCUT2D eigenvalue weighted by Crippen LogP contribution is 2.34. The molecular formula is C16H12Br2ClNO3. The number of carbonyl (C=O) groups excluding carboxylic acids is 2. The van der Waals surface area contributed by atoms with Gasteiger partial charge in [-0.05, 0) is 52.7 Å². The van der Waals surface area contributed by atoms with Gasteiger partial charge in [-0.1, -0.05) is 33.6 Å². The van der Waals surface area contributed by atoms with Gasteiger partial charge in [0.05, 0.1) is 10.0 Å². The smallest absolute Gasteiger partial charge is 0.308 e. The molecule has 0 atom stereocenters. The average Bonchev–Trinajstić information content (AvgIpc) is 2.45. The average molecular weight is 462 g/mol. The Morgan fingerprint density at radius 1 is 1.17 bits per heavy atom. The molecule has 2 aromatic rings. The Morgan fingerprint density at radius 2 is 1.87 bits per heavy atom.